The zero-order chi connectivity index (χ0) is 15.9. The van der Waals surface area contributed by atoms with Crippen LogP contribution in [0.4, 0.5) is 5.82 Å². The summed E-state index contributed by atoms with van der Waals surface area (Å²) in [5.41, 5.74) is 0.585. The second kappa shape index (κ2) is 8.10. The first-order chi connectivity index (χ1) is 10.6. The minimum Gasteiger partial charge on any atom is -0.379 e. The van der Waals surface area contributed by atoms with Crippen LogP contribution in [0.3, 0.4) is 0 Å². The van der Waals surface area contributed by atoms with Crippen LogP contribution in [0.2, 0.25) is 0 Å². The minimum absolute atomic E-state index is 0.0861. The van der Waals surface area contributed by atoms with E-state index in [1.165, 1.54) is 0 Å². The summed E-state index contributed by atoms with van der Waals surface area (Å²) in [6.45, 7) is 10.3. The van der Waals surface area contributed by atoms with E-state index >= 15 is 0 Å². The number of anilines is 1. The Bertz CT molecular complexity index is 478. The average molecular weight is 306 g/mol. The lowest BCUT2D eigenvalue weighted by atomic mass is 10.2. The first-order valence-electron chi connectivity index (χ1n) is 7.93. The summed E-state index contributed by atoms with van der Waals surface area (Å²) >= 11 is 0. The first-order valence-corrected chi connectivity index (χ1v) is 7.93. The van der Waals surface area contributed by atoms with E-state index in [0.29, 0.717) is 24.2 Å². The molecule has 2 N–H and O–H groups in total. The Labute approximate surface area is 132 Å². The van der Waals surface area contributed by atoms with E-state index in [2.05, 4.69) is 34.4 Å². The van der Waals surface area contributed by atoms with Gasteiger partial charge in [-0.3, -0.25) is 9.69 Å². The van der Waals surface area contributed by atoms with Gasteiger partial charge in [0.15, 0.2) is 0 Å². The molecule has 2 unspecified atom stereocenters. The van der Waals surface area contributed by atoms with Gasteiger partial charge in [0.1, 0.15) is 5.82 Å². The van der Waals surface area contributed by atoms with E-state index in [1.807, 2.05) is 13.0 Å². The molecule has 0 bridgehead atoms. The highest BCUT2D eigenvalue weighted by Crippen LogP contribution is 2.12. The third-order valence-corrected chi connectivity index (χ3v) is 3.93. The highest BCUT2D eigenvalue weighted by Gasteiger charge is 2.23. The van der Waals surface area contributed by atoms with Gasteiger partial charge in [-0.25, -0.2) is 4.98 Å². The van der Waals surface area contributed by atoms with Gasteiger partial charge >= 0.3 is 0 Å². The number of morpholine rings is 1. The van der Waals surface area contributed by atoms with Crippen molar-refractivity contribution in [3.05, 3.63) is 23.9 Å². The van der Waals surface area contributed by atoms with Gasteiger partial charge in [-0.2, -0.15) is 0 Å². The predicted molar refractivity (Wildman–Crippen MR) is 87.2 cm³/mol. The normalized spacial score (nSPS) is 20.4. The number of amides is 1. The summed E-state index contributed by atoms with van der Waals surface area (Å²) in [7, 11) is 0. The van der Waals surface area contributed by atoms with Crippen molar-refractivity contribution in [3.8, 4) is 0 Å². The van der Waals surface area contributed by atoms with Crippen molar-refractivity contribution in [1.29, 1.82) is 0 Å². The fraction of sp³-hybridized carbons (Fsp3) is 0.625. The van der Waals surface area contributed by atoms with Gasteiger partial charge in [0.25, 0.3) is 5.91 Å². The maximum Gasteiger partial charge on any atom is 0.252 e. The topological polar surface area (TPSA) is 66.5 Å². The molecule has 22 heavy (non-hydrogen) atoms. The minimum atomic E-state index is -0.0861. The predicted octanol–water partition coefficient (Wildman–Crippen LogP) is 1.35. The molecule has 1 fully saturated rings. The standard InChI is InChI=1S/C16H26N4O2/c1-4-17-16(21)14-5-6-15(19-10-14)18-9-12(2)20-7-8-22-11-13(20)3/h5-6,10,12-13H,4,7-9,11H2,1-3H3,(H,17,21)(H,18,19). The number of hydrogen-bond acceptors (Lipinski definition) is 5. The van der Waals surface area contributed by atoms with Crippen molar-refractivity contribution in [2.45, 2.75) is 32.9 Å². The second-order valence-corrected chi connectivity index (χ2v) is 5.68. The number of carbonyl (C=O) groups excluding carboxylic acids is 1. The van der Waals surface area contributed by atoms with E-state index in [1.54, 1.807) is 12.3 Å². The van der Waals surface area contributed by atoms with Crippen molar-refractivity contribution in [3.63, 3.8) is 0 Å². The zero-order valence-corrected chi connectivity index (χ0v) is 13.6. The SMILES string of the molecule is CCNC(=O)c1ccc(NCC(C)N2CCOCC2C)nc1. The Balaban J connectivity index is 1.84. The van der Waals surface area contributed by atoms with Gasteiger partial charge in [0.05, 0.1) is 18.8 Å². The molecule has 0 aromatic carbocycles. The van der Waals surface area contributed by atoms with E-state index in [9.17, 15) is 4.79 Å². The molecule has 0 aliphatic carbocycles. The molecule has 0 saturated carbocycles. The Morgan fingerprint density at radius 3 is 3.00 bits per heavy atom. The molecular weight excluding hydrogens is 280 g/mol. The lowest BCUT2D eigenvalue weighted by molar-refractivity contribution is -0.0159. The van der Waals surface area contributed by atoms with Crippen LogP contribution in [0.5, 0.6) is 0 Å². The Morgan fingerprint density at radius 1 is 1.55 bits per heavy atom. The summed E-state index contributed by atoms with van der Waals surface area (Å²) in [4.78, 5) is 18.4. The molecule has 1 aromatic rings. The monoisotopic (exact) mass is 306 g/mol. The third kappa shape index (κ3) is 4.42. The zero-order valence-electron chi connectivity index (χ0n) is 13.6. The summed E-state index contributed by atoms with van der Waals surface area (Å²) in [5, 5.41) is 6.10. The molecule has 122 valence electrons. The van der Waals surface area contributed by atoms with Crippen molar-refractivity contribution in [2.75, 3.05) is 38.2 Å². The summed E-state index contributed by atoms with van der Waals surface area (Å²) < 4.78 is 5.47. The van der Waals surface area contributed by atoms with Gasteiger partial charge in [0.2, 0.25) is 0 Å². The molecule has 0 radical (unpaired) electrons. The summed E-state index contributed by atoms with van der Waals surface area (Å²) in [5.74, 6) is 0.706. The van der Waals surface area contributed by atoms with Crippen LogP contribution >= 0.6 is 0 Å². The number of hydrogen-bond donors (Lipinski definition) is 2. The summed E-state index contributed by atoms with van der Waals surface area (Å²) in [6.07, 6.45) is 1.61. The number of ether oxygens (including phenoxy) is 1. The van der Waals surface area contributed by atoms with Crippen molar-refractivity contribution < 1.29 is 9.53 Å². The van der Waals surface area contributed by atoms with Gasteiger partial charge in [-0.1, -0.05) is 0 Å². The maximum atomic E-state index is 11.7. The number of nitrogens with zero attached hydrogens (tertiary/aromatic N) is 2. The smallest absolute Gasteiger partial charge is 0.252 e. The molecule has 2 atom stereocenters. The van der Waals surface area contributed by atoms with E-state index < -0.39 is 0 Å². The fourth-order valence-electron chi connectivity index (χ4n) is 2.66. The van der Waals surface area contributed by atoms with Crippen molar-refractivity contribution in [2.24, 2.45) is 0 Å². The molecule has 1 aliphatic heterocycles. The van der Waals surface area contributed by atoms with Crippen molar-refractivity contribution in [1.82, 2.24) is 15.2 Å². The largest absolute Gasteiger partial charge is 0.379 e. The van der Waals surface area contributed by atoms with Crippen molar-refractivity contribution >= 4 is 11.7 Å². The lowest BCUT2D eigenvalue weighted by Crippen LogP contribution is -2.50. The lowest BCUT2D eigenvalue weighted by Gasteiger charge is -2.37. The highest BCUT2D eigenvalue weighted by molar-refractivity contribution is 5.93. The Hall–Kier alpha value is -1.66. The number of rotatable bonds is 6. The summed E-state index contributed by atoms with van der Waals surface area (Å²) in [6, 6.07) is 4.49. The van der Waals surface area contributed by atoms with Gasteiger partial charge in [-0.15, -0.1) is 0 Å². The molecule has 1 saturated heterocycles. The van der Waals surface area contributed by atoms with Crippen LogP contribution in [-0.2, 0) is 4.74 Å². The maximum absolute atomic E-state index is 11.7. The van der Waals surface area contributed by atoms with Crippen LogP contribution in [0.25, 0.3) is 0 Å². The molecular formula is C16H26N4O2. The number of pyridine rings is 1. The molecule has 2 heterocycles. The van der Waals surface area contributed by atoms with Crippen LogP contribution < -0.4 is 10.6 Å². The fourth-order valence-corrected chi connectivity index (χ4v) is 2.66. The third-order valence-electron chi connectivity index (χ3n) is 3.93. The van der Waals surface area contributed by atoms with Gasteiger partial charge in [-0.05, 0) is 32.9 Å². The van der Waals surface area contributed by atoms with E-state index in [0.717, 1.165) is 32.1 Å². The quantitative estimate of drug-likeness (QED) is 0.830. The molecule has 0 spiro atoms. The van der Waals surface area contributed by atoms with Crippen LogP contribution in [0.15, 0.2) is 18.3 Å². The average Bonchev–Trinajstić information content (AvgIpc) is 2.54. The number of aromatic nitrogens is 1. The van der Waals surface area contributed by atoms with Gasteiger partial charge in [0, 0.05) is 37.9 Å². The number of nitrogens with one attached hydrogen (secondary N) is 2. The molecule has 1 aliphatic rings. The Kier molecular flexibility index (Phi) is 6.15. The van der Waals surface area contributed by atoms with E-state index in [-0.39, 0.29) is 5.91 Å². The van der Waals surface area contributed by atoms with Crippen LogP contribution in [0.1, 0.15) is 31.1 Å². The molecule has 6 heteroatoms. The van der Waals surface area contributed by atoms with Crippen LogP contribution in [-0.4, -0.2) is 60.7 Å². The Morgan fingerprint density at radius 2 is 2.36 bits per heavy atom. The second-order valence-electron chi connectivity index (χ2n) is 5.68. The highest BCUT2D eigenvalue weighted by atomic mass is 16.5. The van der Waals surface area contributed by atoms with E-state index in [4.69, 9.17) is 4.74 Å². The van der Waals surface area contributed by atoms with Crippen LogP contribution in [0, 0.1) is 0 Å². The first kappa shape index (κ1) is 16.7. The molecule has 6 nitrogen and oxygen atoms in total. The van der Waals surface area contributed by atoms with Gasteiger partial charge < -0.3 is 15.4 Å². The number of carbonyl (C=O) groups is 1. The molecule has 1 aromatic heterocycles. The molecule has 1 amide bonds. The molecule has 2 rings (SSSR count).